The fraction of sp³-hybridized carbons (Fsp3) is 0.0769. The number of hydrogen-bond donors (Lipinski definition) is 0. The molecule has 0 amide bonds. The summed E-state index contributed by atoms with van der Waals surface area (Å²) in [5.41, 5.74) is 4.54. The Morgan fingerprint density at radius 3 is 2.40 bits per heavy atom. The monoisotopic (exact) mass is 218 g/mol. The van der Waals surface area contributed by atoms with Gasteiger partial charge in [0.2, 0.25) is 0 Å². The van der Waals surface area contributed by atoms with Crippen molar-refractivity contribution in [2.24, 2.45) is 0 Å². The molecule has 0 nitrogen and oxygen atoms in total. The Kier molecular flexibility index (Phi) is 1.83. The van der Waals surface area contributed by atoms with Crippen LogP contribution in [0.1, 0.15) is 11.1 Å². The summed E-state index contributed by atoms with van der Waals surface area (Å²) in [6.07, 6.45) is 0.781. The van der Waals surface area contributed by atoms with E-state index in [0.29, 0.717) is 0 Å². The van der Waals surface area contributed by atoms with Crippen LogP contribution in [0.25, 0.3) is 11.1 Å². The Labute approximate surface area is 92.3 Å². The van der Waals surface area contributed by atoms with Gasteiger partial charge in [0.1, 0.15) is 5.82 Å². The fourth-order valence-corrected chi connectivity index (χ4v) is 2.34. The Morgan fingerprint density at radius 1 is 0.933 bits per heavy atom. The summed E-state index contributed by atoms with van der Waals surface area (Å²) in [4.78, 5) is 0. The van der Waals surface area contributed by atoms with Crippen LogP contribution in [0.4, 0.5) is 4.39 Å². The molecule has 2 aromatic carbocycles. The van der Waals surface area contributed by atoms with Crippen molar-refractivity contribution in [2.45, 2.75) is 6.42 Å². The lowest BCUT2D eigenvalue weighted by Crippen LogP contribution is -1.81. The third-order valence-corrected chi connectivity index (χ3v) is 3.04. The summed E-state index contributed by atoms with van der Waals surface area (Å²) in [5.74, 6) is -0.173. The number of halogens is 2. The first-order chi connectivity index (χ1) is 7.24. The number of hydrogen-bond acceptors (Lipinski definition) is 0. The van der Waals surface area contributed by atoms with E-state index >= 15 is 0 Å². The van der Waals surface area contributed by atoms with Gasteiger partial charge >= 0.3 is 0 Å². The van der Waals surface area contributed by atoms with Crippen LogP contribution in [0.2, 0.25) is 5.02 Å². The topological polar surface area (TPSA) is 0 Å². The maximum absolute atomic E-state index is 13.0. The Hall–Kier alpha value is -1.34. The van der Waals surface area contributed by atoms with Crippen molar-refractivity contribution in [2.75, 3.05) is 0 Å². The highest BCUT2D eigenvalue weighted by molar-refractivity contribution is 6.30. The van der Waals surface area contributed by atoms with Crippen molar-refractivity contribution in [1.29, 1.82) is 0 Å². The third-order valence-electron chi connectivity index (χ3n) is 2.81. The molecular weight excluding hydrogens is 211 g/mol. The van der Waals surface area contributed by atoms with Gasteiger partial charge in [0.25, 0.3) is 0 Å². The molecule has 2 aromatic rings. The normalized spacial score (nSPS) is 12.4. The lowest BCUT2D eigenvalue weighted by molar-refractivity contribution is 0.626. The molecule has 0 fully saturated rings. The van der Waals surface area contributed by atoms with Gasteiger partial charge in [0.05, 0.1) is 0 Å². The summed E-state index contributed by atoms with van der Waals surface area (Å²) in [5, 5.41) is 0.738. The van der Waals surface area contributed by atoms with E-state index in [-0.39, 0.29) is 5.82 Å². The second kappa shape index (κ2) is 3.07. The van der Waals surface area contributed by atoms with E-state index in [0.717, 1.165) is 22.6 Å². The number of benzene rings is 2. The Balaban J connectivity index is 2.24. The molecular formula is C13H8ClF. The molecule has 0 unspecified atom stereocenters. The van der Waals surface area contributed by atoms with Crippen LogP contribution < -0.4 is 0 Å². The maximum atomic E-state index is 13.0. The van der Waals surface area contributed by atoms with Gasteiger partial charge in [0.15, 0.2) is 0 Å². The molecule has 0 heterocycles. The number of fused-ring (bicyclic) bond motifs is 3. The largest absolute Gasteiger partial charge is 0.207 e. The molecule has 1 aliphatic rings. The van der Waals surface area contributed by atoms with Gasteiger partial charge in [-0.2, -0.15) is 0 Å². The van der Waals surface area contributed by atoms with Crippen molar-refractivity contribution in [1.82, 2.24) is 0 Å². The van der Waals surface area contributed by atoms with E-state index in [1.807, 2.05) is 24.3 Å². The highest BCUT2D eigenvalue weighted by atomic mass is 35.5. The SMILES string of the molecule is Fc1ccc2c(c1)Cc1cc(Cl)ccc1-2. The standard InChI is InChI=1S/C13H8ClF/c14-10-1-3-12-8(6-10)5-9-7-11(15)2-4-13(9)12/h1-4,6-7H,5H2. The molecule has 0 radical (unpaired) electrons. The van der Waals surface area contributed by atoms with Crippen LogP contribution in [-0.4, -0.2) is 0 Å². The summed E-state index contributed by atoms with van der Waals surface area (Å²) in [7, 11) is 0. The van der Waals surface area contributed by atoms with Gasteiger partial charge in [0, 0.05) is 5.02 Å². The zero-order valence-electron chi connectivity index (χ0n) is 7.93. The van der Waals surface area contributed by atoms with Crippen LogP contribution in [-0.2, 0) is 6.42 Å². The van der Waals surface area contributed by atoms with Crippen molar-refractivity contribution >= 4 is 11.6 Å². The lowest BCUT2D eigenvalue weighted by atomic mass is 10.1. The van der Waals surface area contributed by atoms with Crippen molar-refractivity contribution < 1.29 is 4.39 Å². The Morgan fingerprint density at radius 2 is 1.60 bits per heavy atom. The Bertz CT molecular complexity index is 497. The quantitative estimate of drug-likeness (QED) is 0.534. The highest BCUT2D eigenvalue weighted by Crippen LogP contribution is 2.37. The van der Waals surface area contributed by atoms with E-state index in [1.54, 1.807) is 6.07 Å². The number of rotatable bonds is 0. The molecule has 1 aliphatic carbocycles. The lowest BCUT2D eigenvalue weighted by Gasteiger charge is -2.00. The van der Waals surface area contributed by atoms with E-state index in [4.69, 9.17) is 11.6 Å². The minimum atomic E-state index is -0.173. The molecule has 0 saturated heterocycles. The van der Waals surface area contributed by atoms with E-state index < -0.39 is 0 Å². The molecule has 0 spiro atoms. The highest BCUT2D eigenvalue weighted by Gasteiger charge is 2.18. The van der Waals surface area contributed by atoms with Crippen LogP contribution in [0.3, 0.4) is 0 Å². The summed E-state index contributed by atoms with van der Waals surface area (Å²) in [6, 6.07) is 10.8. The molecule has 74 valence electrons. The smallest absolute Gasteiger partial charge is 0.123 e. The zero-order chi connectivity index (χ0) is 10.4. The second-order valence-corrected chi connectivity index (χ2v) is 4.22. The van der Waals surface area contributed by atoms with Crippen LogP contribution in [0, 0.1) is 5.82 Å². The minimum Gasteiger partial charge on any atom is -0.207 e. The molecule has 0 aliphatic heterocycles. The van der Waals surface area contributed by atoms with Gasteiger partial charge in [-0.15, -0.1) is 0 Å². The maximum Gasteiger partial charge on any atom is 0.123 e. The predicted octanol–water partition coefficient (Wildman–Crippen LogP) is 4.05. The predicted molar refractivity (Wildman–Crippen MR) is 59.7 cm³/mol. The van der Waals surface area contributed by atoms with Crippen molar-refractivity contribution in [3.05, 3.63) is 58.4 Å². The molecule has 0 aromatic heterocycles. The minimum absolute atomic E-state index is 0.173. The molecule has 15 heavy (non-hydrogen) atoms. The average molecular weight is 219 g/mol. The molecule has 0 N–H and O–H groups in total. The fourth-order valence-electron chi connectivity index (χ4n) is 2.15. The summed E-state index contributed by atoms with van der Waals surface area (Å²) >= 11 is 5.92. The van der Waals surface area contributed by atoms with Crippen LogP contribution in [0.5, 0.6) is 0 Å². The van der Waals surface area contributed by atoms with Gasteiger partial charge < -0.3 is 0 Å². The van der Waals surface area contributed by atoms with Gasteiger partial charge in [-0.05, 0) is 52.9 Å². The van der Waals surface area contributed by atoms with Crippen molar-refractivity contribution in [3.8, 4) is 11.1 Å². The van der Waals surface area contributed by atoms with Gasteiger partial charge in [-0.1, -0.05) is 23.7 Å². The van der Waals surface area contributed by atoms with Crippen LogP contribution in [0.15, 0.2) is 36.4 Å². The van der Waals surface area contributed by atoms with E-state index in [2.05, 4.69) is 0 Å². The molecule has 3 rings (SSSR count). The first kappa shape index (κ1) is 8.93. The van der Waals surface area contributed by atoms with E-state index in [9.17, 15) is 4.39 Å². The van der Waals surface area contributed by atoms with Gasteiger partial charge in [-0.25, -0.2) is 4.39 Å². The van der Waals surface area contributed by atoms with Crippen molar-refractivity contribution in [3.63, 3.8) is 0 Å². The second-order valence-electron chi connectivity index (χ2n) is 3.78. The van der Waals surface area contributed by atoms with Gasteiger partial charge in [-0.3, -0.25) is 0 Å². The average Bonchev–Trinajstić information content (AvgIpc) is 2.53. The third kappa shape index (κ3) is 1.35. The first-order valence-corrected chi connectivity index (χ1v) is 5.19. The van der Waals surface area contributed by atoms with Crippen LogP contribution >= 0.6 is 11.6 Å². The summed E-state index contributed by atoms with van der Waals surface area (Å²) in [6.45, 7) is 0. The van der Waals surface area contributed by atoms with E-state index in [1.165, 1.54) is 17.2 Å². The molecule has 0 atom stereocenters. The molecule has 2 heteroatoms. The molecule has 0 bridgehead atoms. The molecule has 0 saturated carbocycles. The first-order valence-electron chi connectivity index (χ1n) is 4.81. The zero-order valence-corrected chi connectivity index (χ0v) is 8.68. The summed E-state index contributed by atoms with van der Waals surface area (Å²) < 4.78 is 13.0.